The van der Waals surface area contributed by atoms with Gasteiger partial charge in [0.15, 0.2) is 6.61 Å². The van der Waals surface area contributed by atoms with Crippen molar-refractivity contribution in [2.45, 2.75) is 66.0 Å². The Balaban J connectivity index is 2.17. The van der Waals surface area contributed by atoms with Gasteiger partial charge in [0.05, 0.1) is 0 Å². The minimum absolute atomic E-state index is 0.0258. The summed E-state index contributed by atoms with van der Waals surface area (Å²) in [5.41, 5.74) is 1.94. The second-order valence-electron chi connectivity index (χ2n) is 9.77. The molecular weight excluding hydrogens is 419 g/mol. The van der Waals surface area contributed by atoms with Crippen molar-refractivity contribution < 1.29 is 18.7 Å². The number of hydrogen-bond donors (Lipinski definition) is 1. The van der Waals surface area contributed by atoms with Gasteiger partial charge in [-0.05, 0) is 53.1 Å². The molecule has 0 unspecified atom stereocenters. The Kier molecular flexibility index (Phi) is 9.44. The number of benzene rings is 2. The van der Waals surface area contributed by atoms with Crippen LogP contribution in [0.15, 0.2) is 48.5 Å². The lowest BCUT2D eigenvalue weighted by Crippen LogP contribution is -2.50. The van der Waals surface area contributed by atoms with Crippen LogP contribution in [0.5, 0.6) is 5.75 Å². The molecule has 0 aliphatic heterocycles. The molecule has 0 spiro atoms. The maximum absolute atomic E-state index is 13.4. The van der Waals surface area contributed by atoms with Crippen molar-refractivity contribution in [3.05, 3.63) is 65.5 Å². The Morgan fingerprint density at radius 1 is 1.03 bits per heavy atom. The number of carbonyl (C=O) groups is 2. The van der Waals surface area contributed by atoms with Crippen molar-refractivity contribution >= 4 is 11.8 Å². The third-order valence-electron chi connectivity index (χ3n) is 5.42. The first-order valence-electron chi connectivity index (χ1n) is 11.6. The number of hydrogen-bond acceptors (Lipinski definition) is 3. The van der Waals surface area contributed by atoms with Crippen molar-refractivity contribution in [1.82, 2.24) is 10.2 Å². The maximum Gasteiger partial charge on any atom is 0.261 e. The largest absolute Gasteiger partial charge is 0.484 e. The van der Waals surface area contributed by atoms with Crippen LogP contribution in [0.3, 0.4) is 0 Å². The lowest BCUT2D eigenvalue weighted by molar-refractivity contribution is -0.143. The SMILES string of the molecule is CC[C@@H](C(=O)NCC(C)C)N(Cc1ccc(F)cc1)C(=O)COc1ccc(C(C)(C)C)cc1. The summed E-state index contributed by atoms with van der Waals surface area (Å²) >= 11 is 0. The highest BCUT2D eigenvalue weighted by molar-refractivity contribution is 5.88. The van der Waals surface area contributed by atoms with E-state index in [1.165, 1.54) is 22.6 Å². The fourth-order valence-electron chi connectivity index (χ4n) is 3.41. The monoisotopic (exact) mass is 456 g/mol. The Labute approximate surface area is 197 Å². The molecular formula is C27H37FN2O3. The smallest absolute Gasteiger partial charge is 0.261 e. The van der Waals surface area contributed by atoms with E-state index in [0.29, 0.717) is 24.6 Å². The first kappa shape index (κ1) is 26.4. The Morgan fingerprint density at radius 3 is 2.15 bits per heavy atom. The highest BCUT2D eigenvalue weighted by atomic mass is 19.1. The van der Waals surface area contributed by atoms with Crippen LogP contribution < -0.4 is 10.1 Å². The predicted molar refractivity (Wildman–Crippen MR) is 130 cm³/mol. The van der Waals surface area contributed by atoms with Gasteiger partial charge in [-0.25, -0.2) is 4.39 Å². The Morgan fingerprint density at radius 2 is 1.64 bits per heavy atom. The van der Waals surface area contributed by atoms with Crippen molar-refractivity contribution in [2.75, 3.05) is 13.2 Å². The van der Waals surface area contributed by atoms with Crippen LogP contribution in [0.1, 0.15) is 59.1 Å². The van der Waals surface area contributed by atoms with Gasteiger partial charge in [-0.2, -0.15) is 0 Å². The molecule has 33 heavy (non-hydrogen) atoms. The summed E-state index contributed by atoms with van der Waals surface area (Å²) in [7, 11) is 0. The van der Waals surface area contributed by atoms with E-state index in [-0.39, 0.29) is 36.2 Å². The molecule has 180 valence electrons. The third kappa shape index (κ3) is 8.19. The highest BCUT2D eigenvalue weighted by Gasteiger charge is 2.29. The van der Waals surface area contributed by atoms with Crippen LogP contribution in [0.2, 0.25) is 0 Å². The molecule has 0 aromatic heterocycles. The van der Waals surface area contributed by atoms with Gasteiger partial charge in [-0.15, -0.1) is 0 Å². The average molecular weight is 457 g/mol. The number of carbonyl (C=O) groups excluding carboxylic acids is 2. The van der Waals surface area contributed by atoms with Crippen LogP contribution in [0, 0.1) is 11.7 Å². The third-order valence-corrected chi connectivity index (χ3v) is 5.42. The van der Waals surface area contributed by atoms with Crippen molar-refractivity contribution in [3.63, 3.8) is 0 Å². The highest BCUT2D eigenvalue weighted by Crippen LogP contribution is 2.24. The van der Waals surface area contributed by atoms with E-state index in [1.54, 1.807) is 12.1 Å². The minimum Gasteiger partial charge on any atom is -0.484 e. The van der Waals surface area contributed by atoms with Crippen LogP contribution in [0.25, 0.3) is 0 Å². The molecule has 0 aliphatic rings. The van der Waals surface area contributed by atoms with Crippen molar-refractivity contribution in [1.29, 1.82) is 0 Å². The normalized spacial score (nSPS) is 12.4. The van der Waals surface area contributed by atoms with Gasteiger partial charge in [0, 0.05) is 13.1 Å². The first-order chi connectivity index (χ1) is 15.5. The van der Waals surface area contributed by atoms with E-state index >= 15 is 0 Å². The molecule has 1 N–H and O–H groups in total. The van der Waals surface area contributed by atoms with E-state index in [9.17, 15) is 14.0 Å². The number of amides is 2. The van der Waals surface area contributed by atoms with Crippen LogP contribution in [-0.2, 0) is 21.5 Å². The molecule has 5 nitrogen and oxygen atoms in total. The second-order valence-corrected chi connectivity index (χ2v) is 9.77. The zero-order valence-corrected chi connectivity index (χ0v) is 20.7. The molecule has 2 amide bonds. The van der Waals surface area contributed by atoms with Gasteiger partial charge >= 0.3 is 0 Å². The fourth-order valence-corrected chi connectivity index (χ4v) is 3.41. The summed E-state index contributed by atoms with van der Waals surface area (Å²) in [5.74, 6) is 0.0462. The van der Waals surface area contributed by atoms with E-state index in [0.717, 1.165) is 5.56 Å². The molecule has 0 heterocycles. The number of nitrogens with one attached hydrogen (secondary N) is 1. The number of rotatable bonds is 10. The van der Waals surface area contributed by atoms with Crippen molar-refractivity contribution in [2.24, 2.45) is 5.92 Å². The summed E-state index contributed by atoms with van der Waals surface area (Å²) in [5, 5.41) is 2.92. The molecule has 0 saturated heterocycles. The van der Waals surface area contributed by atoms with E-state index in [2.05, 4.69) is 26.1 Å². The van der Waals surface area contributed by atoms with Gasteiger partial charge in [-0.1, -0.05) is 65.8 Å². The molecule has 1 atom stereocenters. The molecule has 6 heteroatoms. The maximum atomic E-state index is 13.4. The van der Waals surface area contributed by atoms with Gasteiger partial charge in [0.2, 0.25) is 5.91 Å². The van der Waals surface area contributed by atoms with Gasteiger partial charge in [0.25, 0.3) is 5.91 Å². The molecule has 0 radical (unpaired) electrons. The van der Waals surface area contributed by atoms with Gasteiger partial charge in [-0.3, -0.25) is 9.59 Å². The van der Waals surface area contributed by atoms with Crippen LogP contribution in [0.4, 0.5) is 4.39 Å². The summed E-state index contributed by atoms with van der Waals surface area (Å²) in [6.45, 7) is 12.8. The molecule has 2 rings (SSSR count). The van der Waals surface area contributed by atoms with Gasteiger partial charge in [0.1, 0.15) is 17.6 Å². The number of nitrogens with zero attached hydrogens (tertiary/aromatic N) is 1. The number of ether oxygens (including phenoxy) is 1. The van der Waals surface area contributed by atoms with Crippen LogP contribution >= 0.6 is 0 Å². The summed E-state index contributed by atoms with van der Waals surface area (Å²) in [6, 6.07) is 13.0. The topological polar surface area (TPSA) is 58.6 Å². The van der Waals surface area contributed by atoms with Gasteiger partial charge < -0.3 is 15.0 Å². The molecule has 2 aromatic rings. The second kappa shape index (κ2) is 11.8. The van der Waals surface area contributed by atoms with Crippen molar-refractivity contribution in [3.8, 4) is 5.75 Å². The molecule has 0 aliphatic carbocycles. The first-order valence-corrected chi connectivity index (χ1v) is 11.6. The van der Waals surface area contributed by atoms with Crippen LogP contribution in [-0.4, -0.2) is 35.9 Å². The van der Waals surface area contributed by atoms with E-state index in [1.807, 2.05) is 45.0 Å². The molecule has 0 fully saturated rings. The lowest BCUT2D eigenvalue weighted by atomic mass is 9.87. The lowest BCUT2D eigenvalue weighted by Gasteiger charge is -2.31. The average Bonchev–Trinajstić information content (AvgIpc) is 2.76. The zero-order valence-electron chi connectivity index (χ0n) is 20.7. The molecule has 2 aromatic carbocycles. The minimum atomic E-state index is -0.645. The standard InChI is InChI=1S/C27H37FN2O3/c1-7-24(26(32)29-16-19(2)3)30(17-20-8-12-22(28)13-9-20)25(31)18-33-23-14-10-21(11-15-23)27(4,5)6/h8-15,19,24H,7,16-18H2,1-6H3,(H,29,32)/t24-/m0/s1. The molecule has 0 saturated carbocycles. The quantitative estimate of drug-likeness (QED) is 0.542. The van der Waals surface area contributed by atoms with E-state index in [4.69, 9.17) is 4.74 Å². The number of halogens is 1. The fraction of sp³-hybridized carbons (Fsp3) is 0.481. The van der Waals surface area contributed by atoms with E-state index < -0.39 is 6.04 Å². The summed E-state index contributed by atoms with van der Waals surface area (Å²) in [4.78, 5) is 27.6. The molecule has 0 bridgehead atoms. The summed E-state index contributed by atoms with van der Waals surface area (Å²) < 4.78 is 19.1. The zero-order chi connectivity index (χ0) is 24.6. The Bertz CT molecular complexity index is 902. The Hall–Kier alpha value is -2.89. The predicted octanol–water partition coefficient (Wildman–Crippen LogP) is 5.08. The summed E-state index contributed by atoms with van der Waals surface area (Å²) in [6.07, 6.45) is 0.455.